The number of nitrogen functional groups attached to an aromatic ring is 1. The van der Waals surface area contributed by atoms with Gasteiger partial charge in [-0.15, -0.1) is 12.4 Å². The molecule has 10 heteroatoms. The zero-order valence-corrected chi connectivity index (χ0v) is 22.4. The highest BCUT2D eigenvalue weighted by molar-refractivity contribution is 6.05. The number of nitrogens with two attached hydrogens (primary N) is 1. The molecular formula is C29H30ClN3O6. The minimum atomic E-state index is -0.595. The number of carbonyl (C=O) groups is 3. The van der Waals surface area contributed by atoms with Crippen LogP contribution in [-0.4, -0.2) is 50.5 Å². The van der Waals surface area contributed by atoms with Crippen molar-refractivity contribution in [2.75, 3.05) is 25.7 Å². The quantitative estimate of drug-likeness (QED) is 0.231. The standard InChI is InChI=1S/C29H29N3O6.ClH/c1-36-26(33)16-21-15-22(32(28(21)34)25-6-4-3-5-24(25)29(35)37-2)17-38-23-13-11-19(12-14-23)18-7-9-20(10-8-18)27(30)31;/h3-14,21-22H,15-17H2,1-2H3,(H3,30,31);1H/t21-,22-;/m0./s1. The second kappa shape index (κ2) is 12.9. The summed E-state index contributed by atoms with van der Waals surface area (Å²) in [6, 6.07) is 21.2. The molecule has 1 saturated heterocycles. The number of nitrogens with one attached hydrogen (secondary N) is 1. The minimum Gasteiger partial charge on any atom is -0.491 e. The second-order valence-electron chi connectivity index (χ2n) is 8.91. The predicted octanol–water partition coefficient (Wildman–Crippen LogP) is 4.21. The fourth-order valence-corrected chi connectivity index (χ4v) is 4.57. The van der Waals surface area contributed by atoms with Gasteiger partial charge in [0.05, 0.1) is 43.9 Å². The van der Waals surface area contributed by atoms with E-state index in [1.54, 1.807) is 36.4 Å². The van der Waals surface area contributed by atoms with Crippen LogP contribution in [0, 0.1) is 11.3 Å². The molecule has 3 aromatic rings. The number of ether oxygens (including phenoxy) is 3. The smallest absolute Gasteiger partial charge is 0.339 e. The van der Waals surface area contributed by atoms with Crippen molar-refractivity contribution in [2.45, 2.75) is 18.9 Å². The van der Waals surface area contributed by atoms with Gasteiger partial charge >= 0.3 is 11.9 Å². The lowest BCUT2D eigenvalue weighted by atomic mass is 10.0. The number of amides is 1. The van der Waals surface area contributed by atoms with Crippen molar-refractivity contribution >= 4 is 41.8 Å². The third kappa shape index (κ3) is 6.56. The number of carbonyl (C=O) groups excluding carboxylic acids is 3. The Hall–Kier alpha value is -4.37. The molecule has 9 nitrogen and oxygen atoms in total. The Morgan fingerprint density at radius 2 is 1.56 bits per heavy atom. The van der Waals surface area contributed by atoms with Gasteiger partial charge in [-0.3, -0.25) is 15.0 Å². The van der Waals surface area contributed by atoms with E-state index < -0.39 is 23.9 Å². The van der Waals surface area contributed by atoms with Gasteiger partial charge in [-0.2, -0.15) is 0 Å². The maximum absolute atomic E-state index is 13.4. The van der Waals surface area contributed by atoms with Crippen LogP contribution < -0.4 is 15.4 Å². The van der Waals surface area contributed by atoms with Gasteiger partial charge in [0.1, 0.15) is 18.2 Å². The summed E-state index contributed by atoms with van der Waals surface area (Å²) >= 11 is 0. The molecule has 1 aliphatic heterocycles. The first-order valence-electron chi connectivity index (χ1n) is 12.1. The molecule has 0 radical (unpaired) electrons. The molecule has 0 saturated carbocycles. The topological polar surface area (TPSA) is 132 Å². The minimum absolute atomic E-state index is 0. The molecular weight excluding hydrogens is 522 g/mol. The molecule has 3 aromatic carbocycles. The van der Waals surface area contributed by atoms with Gasteiger partial charge in [0, 0.05) is 5.56 Å². The highest BCUT2D eigenvalue weighted by Crippen LogP contribution is 2.35. The van der Waals surface area contributed by atoms with Crippen LogP contribution in [0.3, 0.4) is 0 Å². The molecule has 2 atom stereocenters. The van der Waals surface area contributed by atoms with E-state index in [1.807, 2.05) is 36.4 Å². The second-order valence-corrected chi connectivity index (χ2v) is 8.91. The summed E-state index contributed by atoms with van der Waals surface area (Å²) in [6.07, 6.45) is 0.309. The lowest BCUT2D eigenvalue weighted by molar-refractivity contribution is -0.143. The van der Waals surface area contributed by atoms with Gasteiger partial charge in [-0.1, -0.05) is 48.5 Å². The summed E-state index contributed by atoms with van der Waals surface area (Å²) in [5.74, 6) is -1.27. The predicted molar refractivity (Wildman–Crippen MR) is 149 cm³/mol. The van der Waals surface area contributed by atoms with Crippen molar-refractivity contribution in [1.29, 1.82) is 5.41 Å². The molecule has 3 N–H and O–H groups in total. The van der Waals surface area contributed by atoms with E-state index in [1.165, 1.54) is 19.1 Å². The Balaban J connectivity index is 0.00000420. The number of rotatable bonds is 9. The number of methoxy groups -OCH3 is 2. The lowest BCUT2D eigenvalue weighted by Crippen LogP contribution is -2.38. The average molecular weight is 552 g/mol. The zero-order chi connectivity index (χ0) is 27.2. The molecule has 1 aliphatic rings. The Morgan fingerprint density at radius 3 is 2.15 bits per heavy atom. The first-order chi connectivity index (χ1) is 18.3. The van der Waals surface area contributed by atoms with Crippen LogP contribution in [0.15, 0.2) is 72.8 Å². The molecule has 1 fully saturated rings. The lowest BCUT2D eigenvalue weighted by Gasteiger charge is -2.26. The number of halogens is 1. The molecule has 39 heavy (non-hydrogen) atoms. The third-order valence-corrected chi connectivity index (χ3v) is 6.54. The summed E-state index contributed by atoms with van der Waals surface area (Å²) in [4.78, 5) is 39.3. The summed E-state index contributed by atoms with van der Waals surface area (Å²) in [5, 5.41) is 7.53. The molecule has 1 amide bonds. The van der Waals surface area contributed by atoms with Crippen molar-refractivity contribution in [3.8, 4) is 16.9 Å². The summed E-state index contributed by atoms with van der Waals surface area (Å²) < 4.78 is 15.8. The molecule has 4 rings (SSSR count). The van der Waals surface area contributed by atoms with Crippen LogP contribution in [0.1, 0.15) is 28.8 Å². The van der Waals surface area contributed by atoms with E-state index in [-0.39, 0.29) is 42.7 Å². The van der Waals surface area contributed by atoms with Crippen molar-refractivity contribution in [3.05, 3.63) is 83.9 Å². The number of nitrogens with zero attached hydrogens (tertiary/aromatic N) is 1. The number of hydrogen-bond donors (Lipinski definition) is 2. The maximum atomic E-state index is 13.4. The Morgan fingerprint density at radius 1 is 0.949 bits per heavy atom. The Kier molecular flexibility index (Phi) is 9.68. The van der Waals surface area contributed by atoms with Gasteiger partial charge in [0.25, 0.3) is 0 Å². The SMILES string of the molecule is COC(=O)C[C@@H]1C[C@@H](COc2ccc(-c3ccc(C(=N)N)cc3)cc2)N(c2ccccc2C(=O)OC)C1=O.Cl. The van der Waals surface area contributed by atoms with E-state index in [0.29, 0.717) is 23.4 Å². The van der Waals surface area contributed by atoms with E-state index in [2.05, 4.69) is 0 Å². The van der Waals surface area contributed by atoms with Gasteiger partial charge in [0.2, 0.25) is 5.91 Å². The van der Waals surface area contributed by atoms with E-state index in [4.69, 9.17) is 25.4 Å². The van der Waals surface area contributed by atoms with E-state index >= 15 is 0 Å². The van der Waals surface area contributed by atoms with Crippen LogP contribution in [0.2, 0.25) is 0 Å². The van der Waals surface area contributed by atoms with E-state index in [0.717, 1.165) is 11.1 Å². The molecule has 204 valence electrons. The molecule has 0 aliphatic carbocycles. The van der Waals surface area contributed by atoms with Gasteiger partial charge < -0.3 is 24.8 Å². The van der Waals surface area contributed by atoms with Crippen molar-refractivity contribution in [3.63, 3.8) is 0 Å². The van der Waals surface area contributed by atoms with Crippen LogP contribution >= 0.6 is 12.4 Å². The molecule has 0 unspecified atom stereocenters. The average Bonchev–Trinajstić information content (AvgIpc) is 3.25. The van der Waals surface area contributed by atoms with Crippen molar-refractivity contribution in [2.24, 2.45) is 11.7 Å². The largest absolute Gasteiger partial charge is 0.491 e. The number of hydrogen-bond acceptors (Lipinski definition) is 7. The normalized spacial score (nSPS) is 16.3. The van der Waals surface area contributed by atoms with Crippen LogP contribution in [0.5, 0.6) is 5.75 Å². The number of esters is 2. The maximum Gasteiger partial charge on any atom is 0.339 e. The fourth-order valence-electron chi connectivity index (χ4n) is 4.57. The van der Waals surface area contributed by atoms with Crippen molar-refractivity contribution in [1.82, 2.24) is 0 Å². The first kappa shape index (κ1) is 29.2. The van der Waals surface area contributed by atoms with Gasteiger partial charge in [0.15, 0.2) is 0 Å². The summed E-state index contributed by atoms with van der Waals surface area (Å²) in [5.41, 5.74) is 8.79. The van der Waals surface area contributed by atoms with Crippen LogP contribution in [-0.2, 0) is 19.1 Å². The molecule has 0 spiro atoms. The fraction of sp³-hybridized carbons (Fsp3) is 0.241. The van der Waals surface area contributed by atoms with Crippen LogP contribution in [0.25, 0.3) is 11.1 Å². The first-order valence-corrected chi connectivity index (χ1v) is 12.1. The Labute approximate surface area is 232 Å². The van der Waals surface area contributed by atoms with E-state index in [9.17, 15) is 14.4 Å². The van der Waals surface area contributed by atoms with Crippen molar-refractivity contribution < 1.29 is 28.6 Å². The molecule has 0 bridgehead atoms. The monoisotopic (exact) mass is 551 g/mol. The Bertz CT molecular complexity index is 1340. The number of para-hydroxylation sites is 1. The zero-order valence-electron chi connectivity index (χ0n) is 21.6. The van der Waals surface area contributed by atoms with Gasteiger partial charge in [-0.05, 0) is 41.8 Å². The molecule has 0 aromatic heterocycles. The number of anilines is 1. The number of amidine groups is 1. The van der Waals surface area contributed by atoms with Gasteiger partial charge in [-0.25, -0.2) is 4.79 Å². The highest BCUT2D eigenvalue weighted by Gasteiger charge is 2.43. The highest BCUT2D eigenvalue weighted by atomic mass is 35.5. The third-order valence-electron chi connectivity index (χ3n) is 6.54. The van der Waals surface area contributed by atoms with Crippen LogP contribution in [0.4, 0.5) is 5.69 Å². The number of benzene rings is 3. The molecule has 1 heterocycles. The summed E-state index contributed by atoms with van der Waals surface area (Å²) in [6.45, 7) is 0.158. The summed E-state index contributed by atoms with van der Waals surface area (Å²) in [7, 11) is 2.57.